The lowest BCUT2D eigenvalue weighted by Crippen LogP contribution is -2.32. The van der Waals surface area contributed by atoms with Crippen LogP contribution < -0.4 is 10.2 Å². The Balaban J connectivity index is 1.09. The van der Waals surface area contributed by atoms with Crippen molar-refractivity contribution < 1.29 is 4.74 Å². The van der Waals surface area contributed by atoms with Crippen LogP contribution in [-0.2, 0) is 4.74 Å². The summed E-state index contributed by atoms with van der Waals surface area (Å²) >= 11 is 0. The second-order valence-corrected chi connectivity index (χ2v) is 9.08. The van der Waals surface area contributed by atoms with E-state index in [9.17, 15) is 0 Å². The van der Waals surface area contributed by atoms with Gasteiger partial charge in [0, 0.05) is 52.0 Å². The first-order chi connectivity index (χ1) is 13.3. The van der Waals surface area contributed by atoms with Crippen LogP contribution in [0.3, 0.4) is 0 Å². The van der Waals surface area contributed by atoms with Gasteiger partial charge in [0.05, 0.1) is 0 Å². The first-order valence-corrected chi connectivity index (χ1v) is 11.0. The van der Waals surface area contributed by atoms with E-state index in [1.165, 1.54) is 58.2 Å². The van der Waals surface area contributed by atoms with E-state index in [1.807, 2.05) is 0 Å². The van der Waals surface area contributed by atoms with E-state index in [2.05, 4.69) is 37.4 Å². The molecule has 3 saturated heterocycles. The third-order valence-corrected chi connectivity index (χ3v) is 7.12. The van der Waals surface area contributed by atoms with Crippen LogP contribution in [0.5, 0.6) is 0 Å². The molecular formula is C21H33N5O. The van der Waals surface area contributed by atoms with Gasteiger partial charge in [-0.25, -0.2) is 0 Å². The minimum atomic E-state index is 0.567. The molecule has 1 N–H and O–H groups in total. The fourth-order valence-corrected chi connectivity index (χ4v) is 5.68. The zero-order valence-corrected chi connectivity index (χ0v) is 16.4. The van der Waals surface area contributed by atoms with Gasteiger partial charge in [0.25, 0.3) is 0 Å². The molecule has 4 heterocycles. The Morgan fingerprint density at radius 1 is 1.00 bits per heavy atom. The molecule has 3 atom stereocenters. The Labute approximate surface area is 162 Å². The van der Waals surface area contributed by atoms with Gasteiger partial charge in [-0.05, 0) is 68.4 Å². The maximum absolute atomic E-state index is 5.51. The second-order valence-electron chi connectivity index (χ2n) is 9.08. The second kappa shape index (κ2) is 7.92. The Morgan fingerprint density at radius 3 is 2.41 bits per heavy atom. The quantitative estimate of drug-likeness (QED) is 0.859. The van der Waals surface area contributed by atoms with Crippen molar-refractivity contribution in [2.24, 2.45) is 17.8 Å². The van der Waals surface area contributed by atoms with Crippen LogP contribution >= 0.6 is 0 Å². The third kappa shape index (κ3) is 4.06. The summed E-state index contributed by atoms with van der Waals surface area (Å²) in [5.41, 5.74) is 0. The summed E-state index contributed by atoms with van der Waals surface area (Å²) in [4.78, 5) is 5.07. The molecule has 1 aliphatic carbocycles. The minimum Gasteiger partial charge on any atom is -0.381 e. The lowest BCUT2D eigenvalue weighted by atomic mass is 10.00. The summed E-state index contributed by atoms with van der Waals surface area (Å²) in [5.74, 6) is 4.56. The van der Waals surface area contributed by atoms with Crippen LogP contribution in [0.15, 0.2) is 12.1 Å². The number of nitrogens with one attached hydrogen (secondary N) is 1. The molecule has 4 fully saturated rings. The van der Waals surface area contributed by atoms with Crippen LogP contribution in [0.2, 0.25) is 0 Å². The van der Waals surface area contributed by atoms with Gasteiger partial charge in [0.15, 0.2) is 5.82 Å². The van der Waals surface area contributed by atoms with Gasteiger partial charge in [0.2, 0.25) is 0 Å². The summed E-state index contributed by atoms with van der Waals surface area (Å²) in [5, 5.41) is 12.6. The molecule has 148 valence electrons. The topological polar surface area (TPSA) is 53.5 Å². The van der Waals surface area contributed by atoms with E-state index in [0.717, 1.165) is 55.7 Å². The van der Waals surface area contributed by atoms with Gasteiger partial charge in [0.1, 0.15) is 5.82 Å². The molecule has 6 heteroatoms. The number of fused-ring (bicyclic) bond motifs is 1. The van der Waals surface area contributed by atoms with Crippen LogP contribution in [0, 0.1) is 17.8 Å². The number of rotatable bonds is 5. The number of hydrogen-bond acceptors (Lipinski definition) is 6. The highest BCUT2D eigenvalue weighted by Crippen LogP contribution is 2.39. The van der Waals surface area contributed by atoms with Crippen molar-refractivity contribution in [1.29, 1.82) is 0 Å². The molecule has 0 spiro atoms. The van der Waals surface area contributed by atoms with E-state index < -0.39 is 0 Å². The van der Waals surface area contributed by atoms with Crippen molar-refractivity contribution in [3.63, 3.8) is 0 Å². The first kappa shape index (κ1) is 17.7. The van der Waals surface area contributed by atoms with Gasteiger partial charge in [-0.2, -0.15) is 0 Å². The van der Waals surface area contributed by atoms with E-state index in [1.54, 1.807) is 0 Å². The Bertz CT molecular complexity index is 598. The van der Waals surface area contributed by atoms with Crippen LogP contribution in [-0.4, -0.2) is 67.1 Å². The highest BCUT2D eigenvalue weighted by atomic mass is 16.5. The molecular weight excluding hydrogens is 338 g/mol. The van der Waals surface area contributed by atoms with Gasteiger partial charge in [-0.1, -0.05) is 0 Å². The molecule has 6 nitrogen and oxygen atoms in total. The number of nitrogens with zero attached hydrogens (tertiary/aromatic N) is 4. The fraction of sp³-hybridized carbons (Fsp3) is 0.810. The Kier molecular flexibility index (Phi) is 5.18. The van der Waals surface area contributed by atoms with Crippen LogP contribution in [0.1, 0.15) is 38.5 Å². The molecule has 0 bridgehead atoms. The molecule has 0 radical (unpaired) electrons. The third-order valence-electron chi connectivity index (χ3n) is 7.12. The summed E-state index contributed by atoms with van der Waals surface area (Å²) in [7, 11) is 0. The molecule has 5 rings (SSSR count). The number of aromatic nitrogens is 2. The van der Waals surface area contributed by atoms with Crippen molar-refractivity contribution in [1.82, 2.24) is 15.1 Å². The zero-order valence-electron chi connectivity index (χ0n) is 16.4. The first-order valence-electron chi connectivity index (χ1n) is 11.0. The summed E-state index contributed by atoms with van der Waals surface area (Å²) in [6.45, 7) is 8.05. The largest absolute Gasteiger partial charge is 0.381 e. The molecule has 0 aromatic carbocycles. The number of hydrogen-bond donors (Lipinski definition) is 1. The average molecular weight is 372 g/mol. The van der Waals surface area contributed by atoms with Gasteiger partial charge in [-0.3, -0.25) is 0 Å². The lowest BCUT2D eigenvalue weighted by Gasteiger charge is -2.27. The molecule has 1 unspecified atom stereocenters. The minimum absolute atomic E-state index is 0.567. The SMILES string of the molecule is c1cc(N2CCCC2)nnc1NC1C[C@@H]2CN(CC3CCOCC3)C[C@@H]2C1. The number of likely N-dealkylation sites (tertiary alicyclic amines) is 1. The van der Waals surface area contributed by atoms with Crippen molar-refractivity contribution in [3.05, 3.63) is 12.1 Å². The Morgan fingerprint density at radius 2 is 1.74 bits per heavy atom. The average Bonchev–Trinajstić information content (AvgIpc) is 3.40. The maximum atomic E-state index is 5.51. The molecule has 27 heavy (non-hydrogen) atoms. The van der Waals surface area contributed by atoms with Crippen LogP contribution in [0.25, 0.3) is 0 Å². The smallest absolute Gasteiger partial charge is 0.151 e. The predicted molar refractivity (Wildman–Crippen MR) is 107 cm³/mol. The molecule has 1 saturated carbocycles. The summed E-state index contributed by atoms with van der Waals surface area (Å²) in [6.07, 6.45) is 7.62. The maximum Gasteiger partial charge on any atom is 0.151 e. The molecule has 1 aromatic rings. The van der Waals surface area contributed by atoms with E-state index in [-0.39, 0.29) is 0 Å². The Hall–Kier alpha value is -1.40. The normalized spacial score (nSPS) is 32.1. The van der Waals surface area contributed by atoms with Crippen molar-refractivity contribution >= 4 is 11.6 Å². The number of ether oxygens (including phenoxy) is 1. The van der Waals surface area contributed by atoms with Gasteiger partial charge in [-0.15, -0.1) is 10.2 Å². The van der Waals surface area contributed by atoms with E-state index in [4.69, 9.17) is 4.74 Å². The highest BCUT2D eigenvalue weighted by molar-refractivity contribution is 5.44. The van der Waals surface area contributed by atoms with Crippen molar-refractivity contribution in [2.75, 3.05) is 56.2 Å². The molecule has 3 aliphatic heterocycles. The number of anilines is 2. The van der Waals surface area contributed by atoms with Crippen molar-refractivity contribution in [2.45, 2.75) is 44.6 Å². The summed E-state index contributed by atoms with van der Waals surface area (Å²) in [6, 6.07) is 4.82. The van der Waals surface area contributed by atoms with Gasteiger partial charge >= 0.3 is 0 Å². The molecule has 4 aliphatic rings. The zero-order chi connectivity index (χ0) is 18.1. The standard InChI is InChI=1S/C21H33N5O/c1-2-8-26(7-1)21-4-3-20(23-24-21)22-19-11-17-14-25(15-18(17)12-19)13-16-5-9-27-10-6-16/h3-4,16-19H,1-2,5-15H2,(H,22,23)/t17-,18+,19?. The fourth-order valence-electron chi connectivity index (χ4n) is 5.68. The monoisotopic (exact) mass is 371 g/mol. The van der Waals surface area contributed by atoms with E-state index in [0.29, 0.717) is 6.04 Å². The molecule has 0 amide bonds. The summed E-state index contributed by atoms with van der Waals surface area (Å²) < 4.78 is 5.51. The van der Waals surface area contributed by atoms with E-state index >= 15 is 0 Å². The predicted octanol–water partition coefficient (Wildman–Crippen LogP) is 2.63. The molecule has 1 aromatic heterocycles. The lowest BCUT2D eigenvalue weighted by molar-refractivity contribution is 0.0545. The van der Waals surface area contributed by atoms with Crippen molar-refractivity contribution in [3.8, 4) is 0 Å². The highest BCUT2D eigenvalue weighted by Gasteiger charge is 2.41. The van der Waals surface area contributed by atoms with Gasteiger partial charge < -0.3 is 19.9 Å². The van der Waals surface area contributed by atoms with Crippen LogP contribution in [0.4, 0.5) is 11.6 Å².